The van der Waals surface area contributed by atoms with Gasteiger partial charge in [-0.25, -0.2) is 9.97 Å². The van der Waals surface area contributed by atoms with Crippen molar-refractivity contribution >= 4 is 11.6 Å². The van der Waals surface area contributed by atoms with Gasteiger partial charge in [0.25, 0.3) is 0 Å². The molecule has 0 saturated carbocycles. The second-order valence-electron chi connectivity index (χ2n) is 4.65. The highest BCUT2D eigenvalue weighted by Crippen LogP contribution is 2.22. The van der Waals surface area contributed by atoms with Crippen LogP contribution in [0.25, 0.3) is 0 Å². The first-order valence-electron chi connectivity index (χ1n) is 6.30. The first-order valence-corrected chi connectivity index (χ1v) is 6.30. The van der Waals surface area contributed by atoms with E-state index in [-0.39, 0.29) is 0 Å². The number of nitrogens with one attached hydrogen (secondary N) is 1. The van der Waals surface area contributed by atoms with Crippen LogP contribution in [0.5, 0.6) is 0 Å². The van der Waals surface area contributed by atoms with Crippen LogP contribution in [0, 0.1) is 5.92 Å². The topological polar surface area (TPSA) is 67.1 Å². The van der Waals surface area contributed by atoms with E-state index in [0.29, 0.717) is 6.54 Å². The number of rotatable bonds is 4. The van der Waals surface area contributed by atoms with Crippen LogP contribution in [0.4, 0.5) is 11.6 Å². The van der Waals surface area contributed by atoms with E-state index >= 15 is 0 Å². The first-order chi connectivity index (χ1) is 8.29. The van der Waals surface area contributed by atoms with Crippen LogP contribution in [0.15, 0.2) is 12.4 Å². The van der Waals surface area contributed by atoms with Gasteiger partial charge in [0.05, 0.1) is 0 Å². The molecule has 1 aromatic heterocycles. The van der Waals surface area contributed by atoms with E-state index < -0.39 is 0 Å². The van der Waals surface area contributed by atoms with Gasteiger partial charge in [0.15, 0.2) is 0 Å². The zero-order valence-corrected chi connectivity index (χ0v) is 10.4. The maximum Gasteiger partial charge on any atom is 0.134 e. The maximum absolute atomic E-state index is 5.46. The van der Waals surface area contributed by atoms with Gasteiger partial charge >= 0.3 is 0 Å². The largest absolute Gasteiger partial charge is 0.369 e. The quantitative estimate of drug-likeness (QED) is 0.817. The molecule has 2 heterocycles. The number of nitrogens with two attached hydrogens (primary N) is 1. The average molecular weight is 235 g/mol. The normalized spacial score (nSPS) is 17.2. The number of hydrogen-bond acceptors (Lipinski definition) is 5. The molecule has 0 radical (unpaired) electrons. The Bertz CT molecular complexity index is 347. The third-order valence-electron chi connectivity index (χ3n) is 3.21. The van der Waals surface area contributed by atoms with Crippen LogP contribution in [0.2, 0.25) is 0 Å². The molecule has 5 heteroatoms. The number of hydrogen-bond donors (Lipinski definition) is 2. The lowest BCUT2D eigenvalue weighted by Gasteiger charge is -2.31. The van der Waals surface area contributed by atoms with Crippen LogP contribution in [-0.4, -0.2) is 36.1 Å². The summed E-state index contributed by atoms with van der Waals surface area (Å²) >= 11 is 0. The highest BCUT2D eigenvalue weighted by molar-refractivity contribution is 5.48. The molecule has 0 unspecified atom stereocenters. The molecule has 94 valence electrons. The minimum Gasteiger partial charge on any atom is -0.369 e. The Balaban J connectivity index is 2.00. The second-order valence-corrected chi connectivity index (χ2v) is 4.65. The van der Waals surface area contributed by atoms with Crippen LogP contribution in [-0.2, 0) is 0 Å². The summed E-state index contributed by atoms with van der Waals surface area (Å²) in [6.07, 6.45) is 4.11. The monoisotopic (exact) mass is 235 g/mol. The molecule has 0 bridgehead atoms. The van der Waals surface area contributed by atoms with E-state index in [0.717, 1.165) is 37.2 Å². The summed E-state index contributed by atoms with van der Waals surface area (Å²) in [5.41, 5.74) is 5.46. The van der Waals surface area contributed by atoms with E-state index in [1.807, 2.05) is 6.07 Å². The highest BCUT2D eigenvalue weighted by Gasteiger charge is 2.17. The summed E-state index contributed by atoms with van der Waals surface area (Å²) in [6, 6.07) is 2.01. The summed E-state index contributed by atoms with van der Waals surface area (Å²) in [6.45, 7) is 5.85. The Morgan fingerprint density at radius 1 is 1.41 bits per heavy atom. The molecule has 2 rings (SSSR count). The van der Waals surface area contributed by atoms with Crippen molar-refractivity contribution in [3.63, 3.8) is 0 Å². The van der Waals surface area contributed by atoms with Gasteiger partial charge in [0.2, 0.25) is 0 Å². The maximum atomic E-state index is 5.46. The summed E-state index contributed by atoms with van der Waals surface area (Å²) < 4.78 is 0. The zero-order chi connectivity index (χ0) is 12.1. The van der Waals surface area contributed by atoms with Crippen molar-refractivity contribution < 1.29 is 0 Å². The molecular weight excluding hydrogens is 214 g/mol. The minimum atomic E-state index is 0.612. The third kappa shape index (κ3) is 3.30. The Hall–Kier alpha value is -1.36. The van der Waals surface area contributed by atoms with Gasteiger partial charge in [-0.1, -0.05) is 6.92 Å². The van der Waals surface area contributed by atoms with Gasteiger partial charge < -0.3 is 16.0 Å². The van der Waals surface area contributed by atoms with Crippen LogP contribution < -0.4 is 16.0 Å². The lowest BCUT2D eigenvalue weighted by molar-refractivity contribution is 0.436. The fraction of sp³-hybridized carbons (Fsp3) is 0.667. The summed E-state index contributed by atoms with van der Waals surface area (Å²) in [5, 5.41) is 3.18. The van der Waals surface area contributed by atoms with Crippen molar-refractivity contribution in [2.45, 2.75) is 19.8 Å². The van der Waals surface area contributed by atoms with Crippen molar-refractivity contribution in [3.05, 3.63) is 12.4 Å². The van der Waals surface area contributed by atoms with Gasteiger partial charge in [-0.3, -0.25) is 0 Å². The molecule has 17 heavy (non-hydrogen) atoms. The van der Waals surface area contributed by atoms with Gasteiger partial charge in [-0.05, 0) is 18.8 Å². The molecule has 3 N–H and O–H groups in total. The van der Waals surface area contributed by atoms with Crippen molar-refractivity contribution in [3.8, 4) is 0 Å². The van der Waals surface area contributed by atoms with Crippen LogP contribution >= 0.6 is 0 Å². The Kier molecular flexibility index (Phi) is 4.14. The molecule has 0 atom stereocenters. The standard InChI is InChI=1S/C12H21N5/c1-10-2-6-17(7-3-10)12-8-11(14-5-4-13)15-9-16-12/h8-10H,2-7,13H2,1H3,(H,14,15,16). The Morgan fingerprint density at radius 2 is 2.18 bits per heavy atom. The zero-order valence-electron chi connectivity index (χ0n) is 10.4. The highest BCUT2D eigenvalue weighted by atomic mass is 15.2. The average Bonchev–Trinajstić information content (AvgIpc) is 2.37. The Morgan fingerprint density at radius 3 is 2.88 bits per heavy atom. The van der Waals surface area contributed by atoms with E-state index in [1.165, 1.54) is 12.8 Å². The number of aromatic nitrogens is 2. The summed E-state index contributed by atoms with van der Waals surface area (Å²) in [4.78, 5) is 10.9. The number of nitrogens with zero attached hydrogens (tertiary/aromatic N) is 3. The first kappa shape index (κ1) is 12.1. The number of piperidine rings is 1. The minimum absolute atomic E-state index is 0.612. The predicted molar refractivity (Wildman–Crippen MR) is 70.2 cm³/mol. The molecule has 0 spiro atoms. The molecule has 1 aliphatic rings. The van der Waals surface area contributed by atoms with Gasteiger partial charge in [-0.2, -0.15) is 0 Å². The van der Waals surface area contributed by atoms with Crippen molar-refractivity contribution in [1.29, 1.82) is 0 Å². The molecule has 1 aromatic rings. The molecule has 0 aliphatic carbocycles. The van der Waals surface area contributed by atoms with Crippen LogP contribution in [0.1, 0.15) is 19.8 Å². The summed E-state index contributed by atoms with van der Waals surface area (Å²) in [5.74, 6) is 2.72. The fourth-order valence-electron chi connectivity index (χ4n) is 2.05. The van der Waals surface area contributed by atoms with Gasteiger partial charge in [0, 0.05) is 32.2 Å². The lowest BCUT2D eigenvalue weighted by Crippen LogP contribution is -2.33. The molecule has 1 aliphatic heterocycles. The van der Waals surface area contributed by atoms with Crippen LogP contribution in [0.3, 0.4) is 0 Å². The molecule has 0 amide bonds. The van der Waals surface area contributed by atoms with Gasteiger partial charge in [-0.15, -0.1) is 0 Å². The Labute approximate surface area is 102 Å². The van der Waals surface area contributed by atoms with E-state index in [4.69, 9.17) is 5.73 Å². The second kappa shape index (κ2) is 5.82. The predicted octanol–water partition coefficient (Wildman–Crippen LogP) is 1.08. The van der Waals surface area contributed by atoms with E-state index in [2.05, 4.69) is 27.1 Å². The van der Waals surface area contributed by atoms with E-state index in [1.54, 1.807) is 6.33 Å². The van der Waals surface area contributed by atoms with E-state index in [9.17, 15) is 0 Å². The molecular formula is C12H21N5. The van der Waals surface area contributed by atoms with Crippen molar-refractivity contribution in [2.75, 3.05) is 36.4 Å². The van der Waals surface area contributed by atoms with Gasteiger partial charge in [0.1, 0.15) is 18.0 Å². The molecule has 1 saturated heterocycles. The van der Waals surface area contributed by atoms with Crippen molar-refractivity contribution in [1.82, 2.24) is 9.97 Å². The molecule has 0 aromatic carbocycles. The molecule has 1 fully saturated rings. The summed E-state index contributed by atoms with van der Waals surface area (Å²) in [7, 11) is 0. The number of anilines is 2. The smallest absolute Gasteiger partial charge is 0.134 e. The third-order valence-corrected chi connectivity index (χ3v) is 3.21. The lowest BCUT2D eigenvalue weighted by atomic mass is 9.99. The molecule has 5 nitrogen and oxygen atoms in total. The fourth-order valence-corrected chi connectivity index (χ4v) is 2.05. The van der Waals surface area contributed by atoms with Crippen molar-refractivity contribution in [2.24, 2.45) is 11.7 Å². The SMILES string of the molecule is CC1CCN(c2cc(NCCN)ncn2)CC1.